The van der Waals surface area contributed by atoms with Crippen LogP contribution in [0.25, 0.3) is 0 Å². The van der Waals surface area contributed by atoms with E-state index in [1.54, 1.807) is 6.08 Å². The fraction of sp³-hybridized carbons (Fsp3) is 0.930. The van der Waals surface area contributed by atoms with Gasteiger partial charge in [0, 0.05) is 12.8 Å². The van der Waals surface area contributed by atoms with Crippen molar-refractivity contribution in [1.82, 2.24) is 5.32 Å². The maximum Gasteiger partial charge on any atom is 0.305 e. The highest BCUT2D eigenvalue weighted by Gasteiger charge is 2.18. The van der Waals surface area contributed by atoms with Gasteiger partial charge >= 0.3 is 5.97 Å². The number of hydrogen-bond acceptors (Lipinski definition) is 5. The Bertz CT molecular complexity index is 939. The van der Waals surface area contributed by atoms with Gasteiger partial charge in [-0.3, -0.25) is 9.59 Å². The van der Waals surface area contributed by atoms with E-state index in [1.807, 2.05) is 6.08 Å². The Labute approximate surface area is 393 Å². The van der Waals surface area contributed by atoms with Crippen molar-refractivity contribution >= 4 is 11.9 Å². The van der Waals surface area contributed by atoms with Crippen LogP contribution >= 0.6 is 0 Å². The molecule has 0 saturated heterocycles. The Morgan fingerprint density at radius 1 is 0.429 bits per heavy atom. The Hall–Kier alpha value is -1.40. The molecule has 0 aliphatic rings. The molecule has 0 spiro atoms. The molecular weight excluding hydrogens is 779 g/mol. The van der Waals surface area contributed by atoms with Crippen molar-refractivity contribution in [2.45, 2.75) is 328 Å². The molecular formula is C57H111NO5. The van der Waals surface area contributed by atoms with Crippen LogP contribution in [-0.4, -0.2) is 47.4 Å². The maximum absolute atomic E-state index is 12.5. The summed E-state index contributed by atoms with van der Waals surface area (Å²) in [5.74, 6) is -0.0716. The molecule has 2 atom stereocenters. The van der Waals surface area contributed by atoms with Crippen LogP contribution in [0.3, 0.4) is 0 Å². The van der Waals surface area contributed by atoms with Gasteiger partial charge in [0.2, 0.25) is 5.91 Å². The van der Waals surface area contributed by atoms with Crippen molar-refractivity contribution in [3.63, 3.8) is 0 Å². The van der Waals surface area contributed by atoms with Gasteiger partial charge in [-0.05, 0) is 32.1 Å². The standard InChI is InChI=1S/C57H111NO5/c1-3-5-7-9-11-13-15-17-19-20-22-25-29-33-37-41-45-49-55(60)54(53-59)58-56(61)50-46-42-38-34-30-26-23-21-24-28-32-36-40-44-48-52-63-57(62)51-47-43-39-35-31-27-18-16-14-12-10-8-6-4-2/h45,49,54-55,59-60H,3-44,46-48,50-53H2,1-2H3,(H,58,61)/b49-45+. The van der Waals surface area contributed by atoms with Crippen molar-refractivity contribution in [1.29, 1.82) is 0 Å². The lowest BCUT2D eigenvalue weighted by atomic mass is 10.0. The van der Waals surface area contributed by atoms with Gasteiger partial charge in [0.05, 0.1) is 25.4 Å². The second-order valence-corrected chi connectivity index (χ2v) is 19.6. The van der Waals surface area contributed by atoms with Gasteiger partial charge < -0.3 is 20.3 Å². The Kier molecular flexibility index (Phi) is 52.0. The second-order valence-electron chi connectivity index (χ2n) is 19.6. The fourth-order valence-corrected chi connectivity index (χ4v) is 8.93. The van der Waals surface area contributed by atoms with Crippen LogP contribution in [0.15, 0.2) is 12.2 Å². The summed E-state index contributed by atoms with van der Waals surface area (Å²) < 4.78 is 5.47. The van der Waals surface area contributed by atoms with Gasteiger partial charge in [0.1, 0.15) is 0 Å². The SMILES string of the molecule is CCCCCCCCCCCCCCCCC/C=C/C(O)C(CO)NC(=O)CCCCCCCCCCCCCCCCCOC(=O)CCCCCCCCCCCCCCCC. The molecule has 6 nitrogen and oxygen atoms in total. The molecule has 0 rings (SSSR count). The number of aliphatic hydroxyl groups excluding tert-OH is 2. The summed E-state index contributed by atoms with van der Waals surface area (Å²) in [4.78, 5) is 24.5. The van der Waals surface area contributed by atoms with Gasteiger partial charge in [0.15, 0.2) is 0 Å². The van der Waals surface area contributed by atoms with Gasteiger partial charge in [-0.15, -0.1) is 0 Å². The Morgan fingerprint density at radius 2 is 0.730 bits per heavy atom. The first-order valence-electron chi connectivity index (χ1n) is 28.5. The molecule has 0 aliphatic carbocycles. The number of rotatable bonds is 53. The lowest BCUT2D eigenvalue weighted by Crippen LogP contribution is -2.45. The Morgan fingerprint density at radius 3 is 1.08 bits per heavy atom. The van der Waals surface area contributed by atoms with Gasteiger partial charge in [-0.25, -0.2) is 0 Å². The average molecular weight is 891 g/mol. The first kappa shape index (κ1) is 61.6. The van der Waals surface area contributed by atoms with E-state index in [-0.39, 0.29) is 18.5 Å². The van der Waals surface area contributed by atoms with Crippen molar-refractivity contribution in [2.24, 2.45) is 0 Å². The van der Waals surface area contributed by atoms with Gasteiger partial charge in [-0.1, -0.05) is 283 Å². The third-order valence-electron chi connectivity index (χ3n) is 13.3. The first-order chi connectivity index (χ1) is 31.0. The fourth-order valence-electron chi connectivity index (χ4n) is 8.93. The summed E-state index contributed by atoms with van der Waals surface area (Å²) in [6.07, 6.45) is 62.2. The largest absolute Gasteiger partial charge is 0.466 e. The van der Waals surface area contributed by atoms with Crippen LogP contribution in [-0.2, 0) is 14.3 Å². The molecule has 0 aromatic rings. The molecule has 3 N–H and O–H groups in total. The zero-order valence-electron chi connectivity index (χ0n) is 42.6. The number of amides is 1. The van der Waals surface area contributed by atoms with E-state index in [2.05, 4.69) is 19.2 Å². The average Bonchev–Trinajstić information content (AvgIpc) is 3.28. The molecule has 63 heavy (non-hydrogen) atoms. The number of unbranched alkanes of at least 4 members (excludes halogenated alkanes) is 42. The highest BCUT2D eigenvalue weighted by Crippen LogP contribution is 2.17. The number of esters is 1. The number of carbonyl (C=O) groups excluding carboxylic acids is 2. The van der Waals surface area contributed by atoms with Crippen LogP contribution in [0.1, 0.15) is 316 Å². The molecule has 6 heteroatoms. The topological polar surface area (TPSA) is 95.9 Å². The summed E-state index contributed by atoms with van der Waals surface area (Å²) in [5, 5.41) is 23.1. The van der Waals surface area contributed by atoms with Gasteiger partial charge in [-0.2, -0.15) is 0 Å². The molecule has 0 saturated carbocycles. The molecule has 0 radical (unpaired) electrons. The molecule has 0 bridgehead atoms. The van der Waals surface area contributed by atoms with Crippen molar-refractivity contribution in [3.05, 3.63) is 12.2 Å². The van der Waals surface area contributed by atoms with E-state index in [0.717, 1.165) is 44.9 Å². The van der Waals surface area contributed by atoms with Crippen LogP contribution in [0.4, 0.5) is 0 Å². The highest BCUT2D eigenvalue weighted by molar-refractivity contribution is 5.76. The molecule has 0 fully saturated rings. The smallest absolute Gasteiger partial charge is 0.305 e. The van der Waals surface area contributed by atoms with Crippen molar-refractivity contribution < 1.29 is 24.5 Å². The minimum absolute atomic E-state index is 0.00234. The predicted octanol–water partition coefficient (Wildman–Crippen LogP) is 17.3. The summed E-state index contributed by atoms with van der Waals surface area (Å²) >= 11 is 0. The summed E-state index contributed by atoms with van der Waals surface area (Å²) in [7, 11) is 0. The molecule has 0 aromatic carbocycles. The monoisotopic (exact) mass is 890 g/mol. The normalized spacial score (nSPS) is 12.6. The maximum atomic E-state index is 12.5. The summed E-state index contributed by atoms with van der Waals surface area (Å²) in [5.41, 5.74) is 0. The third-order valence-corrected chi connectivity index (χ3v) is 13.3. The lowest BCUT2D eigenvalue weighted by Gasteiger charge is -2.20. The van der Waals surface area contributed by atoms with Crippen molar-refractivity contribution in [3.8, 4) is 0 Å². The summed E-state index contributed by atoms with van der Waals surface area (Å²) in [6, 6.07) is -0.633. The zero-order chi connectivity index (χ0) is 45.8. The quantitative estimate of drug-likeness (QED) is 0.0321. The molecule has 1 amide bonds. The lowest BCUT2D eigenvalue weighted by molar-refractivity contribution is -0.143. The number of allylic oxidation sites excluding steroid dienone is 1. The Balaban J connectivity index is 3.45. The highest BCUT2D eigenvalue weighted by atomic mass is 16.5. The van der Waals surface area contributed by atoms with Crippen LogP contribution < -0.4 is 5.32 Å². The number of carbonyl (C=O) groups is 2. The first-order valence-corrected chi connectivity index (χ1v) is 28.5. The van der Waals surface area contributed by atoms with E-state index < -0.39 is 12.1 Å². The van der Waals surface area contributed by atoms with Crippen LogP contribution in [0, 0.1) is 0 Å². The zero-order valence-corrected chi connectivity index (χ0v) is 42.6. The van der Waals surface area contributed by atoms with E-state index in [1.165, 1.54) is 244 Å². The number of nitrogens with one attached hydrogen (secondary N) is 1. The molecule has 2 unspecified atom stereocenters. The number of hydrogen-bond donors (Lipinski definition) is 3. The number of aliphatic hydroxyl groups is 2. The number of ether oxygens (including phenoxy) is 1. The molecule has 0 aliphatic heterocycles. The van der Waals surface area contributed by atoms with E-state index in [4.69, 9.17) is 4.74 Å². The van der Waals surface area contributed by atoms with Crippen LogP contribution in [0.2, 0.25) is 0 Å². The molecule has 0 heterocycles. The van der Waals surface area contributed by atoms with Crippen LogP contribution in [0.5, 0.6) is 0 Å². The molecule has 374 valence electrons. The van der Waals surface area contributed by atoms with Gasteiger partial charge in [0.25, 0.3) is 0 Å². The molecule has 0 aromatic heterocycles. The van der Waals surface area contributed by atoms with Crippen molar-refractivity contribution in [2.75, 3.05) is 13.2 Å². The van der Waals surface area contributed by atoms with E-state index >= 15 is 0 Å². The second kappa shape index (κ2) is 53.2. The van der Waals surface area contributed by atoms with E-state index in [9.17, 15) is 19.8 Å². The van der Waals surface area contributed by atoms with E-state index in [0.29, 0.717) is 19.4 Å². The predicted molar refractivity (Wildman–Crippen MR) is 273 cm³/mol. The third kappa shape index (κ3) is 49.9. The minimum Gasteiger partial charge on any atom is -0.466 e. The minimum atomic E-state index is -0.849. The summed E-state index contributed by atoms with van der Waals surface area (Å²) in [6.45, 7) is 4.91.